The number of hydrogen-bond donors (Lipinski definition) is 1. The van der Waals surface area contributed by atoms with E-state index in [2.05, 4.69) is 10.5 Å². The fourth-order valence-corrected chi connectivity index (χ4v) is 3.59. The molecule has 2 heterocycles. The lowest BCUT2D eigenvalue weighted by Crippen LogP contribution is -2.67. The van der Waals surface area contributed by atoms with Crippen molar-refractivity contribution in [3.63, 3.8) is 0 Å². The van der Waals surface area contributed by atoms with Gasteiger partial charge in [-0.2, -0.15) is 0 Å². The highest BCUT2D eigenvalue weighted by Gasteiger charge is 2.54. The van der Waals surface area contributed by atoms with Gasteiger partial charge in [0, 0.05) is 30.6 Å². The van der Waals surface area contributed by atoms with Crippen molar-refractivity contribution >= 4 is 18.2 Å². The molecule has 1 aliphatic heterocycles. The number of esters is 1. The quantitative estimate of drug-likeness (QED) is 0.582. The standard InChI is InChI=1S/C19H27N3O7/c1-5-26-15(23)14-6-13(29-21-14)9-27-16(24)20-12-7-19(8-12)10-22(11-19)17(25)28-18(2,3)4/h6,12H,5,7-11H2,1-4H3,(H,20,24). The Bertz CT molecular complexity index is 769. The van der Waals surface area contributed by atoms with Gasteiger partial charge >= 0.3 is 18.2 Å². The second kappa shape index (κ2) is 7.92. The zero-order valence-electron chi connectivity index (χ0n) is 17.1. The van der Waals surface area contributed by atoms with E-state index in [9.17, 15) is 14.4 Å². The maximum Gasteiger partial charge on any atom is 0.410 e. The molecule has 0 bridgehead atoms. The highest BCUT2D eigenvalue weighted by molar-refractivity contribution is 5.87. The maximum absolute atomic E-state index is 12.0. The number of aromatic nitrogens is 1. The van der Waals surface area contributed by atoms with E-state index in [0.29, 0.717) is 13.1 Å². The first kappa shape index (κ1) is 20.9. The number of carbonyl (C=O) groups is 3. The lowest BCUT2D eigenvalue weighted by Gasteiger charge is -2.58. The van der Waals surface area contributed by atoms with Crippen molar-refractivity contribution in [3.05, 3.63) is 17.5 Å². The Labute approximate surface area is 168 Å². The van der Waals surface area contributed by atoms with E-state index in [1.54, 1.807) is 11.8 Å². The zero-order chi connectivity index (χ0) is 21.2. The summed E-state index contributed by atoms with van der Waals surface area (Å²) in [6, 6.07) is 1.39. The third kappa shape index (κ3) is 5.18. The summed E-state index contributed by atoms with van der Waals surface area (Å²) in [5.41, 5.74) is -0.409. The number of hydrogen-bond acceptors (Lipinski definition) is 8. The Morgan fingerprint density at radius 3 is 2.59 bits per heavy atom. The number of ether oxygens (including phenoxy) is 3. The maximum atomic E-state index is 12.0. The summed E-state index contributed by atoms with van der Waals surface area (Å²) < 4.78 is 20.2. The minimum atomic E-state index is -0.590. The van der Waals surface area contributed by atoms with E-state index in [-0.39, 0.29) is 42.2 Å². The first-order valence-electron chi connectivity index (χ1n) is 9.63. The molecule has 1 N–H and O–H groups in total. The molecule has 1 aromatic rings. The van der Waals surface area contributed by atoms with Crippen molar-refractivity contribution in [1.82, 2.24) is 15.4 Å². The van der Waals surface area contributed by atoms with Gasteiger partial charge in [-0.25, -0.2) is 14.4 Å². The highest BCUT2D eigenvalue weighted by Crippen LogP contribution is 2.48. The fourth-order valence-electron chi connectivity index (χ4n) is 3.59. The van der Waals surface area contributed by atoms with Crippen LogP contribution >= 0.6 is 0 Å². The van der Waals surface area contributed by atoms with Crippen LogP contribution in [0.25, 0.3) is 0 Å². The van der Waals surface area contributed by atoms with Crippen LogP contribution in [-0.2, 0) is 20.8 Å². The molecule has 10 nitrogen and oxygen atoms in total. The van der Waals surface area contributed by atoms with Crippen LogP contribution in [0.5, 0.6) is 0 Å². The van der Waals surface area contributed by atoms with Crippen LogP contribution in [0.1, 0.15) is 56.8 Å². The summed E-state index contributed by atoms with van der Waals surface area (Å²) in [6.45, 7) is 8.59. The van der Waals surface area contributed by atoms with Gasteiger partial charge in [0.15, 0.2) is 18.1 Å². The van der Waals surface area contributed by atoms with Crippen LogP contribution in [0.15, 0.2) is 10.6 Å². The van der Waals surface area contributed by atoms with Gasteiger partial charge in [0.05, 0.1) is 6.61 Å². The predicted octanol–water partition coefficient (Wildman–Crippen LogP) is 2.48. The van der Waals surface area contributed by atoms with Gasteiger partial charge in [-0.1, -0.05) is 5.16 Å². The topological polar surface area (TPSA) is 120 Å². The normalized spacial score (nSPS) is 17.9. The molecule has 29 heavy (non-hydrogen) atoms. The van der Waals surface area contributed by atoms with Gasteiger partial charge in [-0.15, -0.1) is 0 Å². The van der Waals surface area contributed by atoms with Gasteiger partial charge in [-0.05, 0) is 40.5 Å². The summed E-state index contributed by atoms with van der Waals surface area (Å²) >= 11 is 0. The third-order valence-corrected chi connectivity index (χ3v) is 4.77. The van der Waals surface area contributed by atoms with E-state index in [1.807, 2.05) is 20.8 Å². The second-order valence-corrected chi connectivity index (χ2v) is 8.56. The second-order valence-electron chi connectivity index (χ2n) is 8.56. The molecule has 2 amide bonds. The molecule has 1 spiro atoms. The van der Waals surface area contributed by atoms with Gasteiger partial charge in [0.2, 0.25) is 0 Å². The Hall–Kier alpha value is -2.78. The van der Waals surface area contributed by atoms with Crippen molar-refractivity contribution in [2.24, 2.45) is 5.41 Å². The Balaban J connectivity index is 1.34. The lowest BCUT2D eigenvalue weighted by molar-refractivity contribution is -0.0821. The Kier molecular flexibility index (Phi) is 5.72. The van der Waals surface area contributed by atoms with Crippen LogP contribution in [-0.4, -0.2) is 59.6 Å². The largest absolute Gasteiger partial charge is 0.461 e. The van der Waals surface area contributed by atoms with Gasteiger partial charge in [0.25, 0.3) is 0 Å². The molecule has 0 unspecified atom stereocenters. The molecule has 1 saturated carbocycles. The first-order valence-corrected chi connectivity index (χ1v) is 9.63. The lowest BCUT2D eigenvalue weighted by atomic mass is 9.61. The number of rotatable bonds is 5. The molecule has 1 aromatic heterocycles. The van der Waals surface area contributed by atoms with E-state index >= 15 is 0 Å². The molecular weight excluding hydrogens is 382 g/mol. The van der Waals surface area contributed by atoms with Crippen LogP contribution in [0.3, 0.4) is 0 Å². The summed E-state index contributed by atoms with van der Waals surface area (Å²) in [6.07, 6.45) is 0.711. The number of nitrogens with zero attached hydrogens (tertiary/aromatic N) is 2. The molecule has 2 aliphatic rings. The average Bonchev–Trinajstić information content (AvgIpc) is 3.01. The van der Waals surface area contributed by atoms with E-state index < -0.39 is 17.7 Å². The van der Waals surface area contributed by atoms with Crippen LogP contribution in [0, 0.1) is 5.41 Å². The summed E-state index contributed by atoms with van der Waals surface area (Å²) in [5, 5.41) is 6.37. The van der Waals surface area contributed by atoms with E-state index in [0.717, 1.165) is 12.8 Å². The molecule has 0 radical (unpaired) electrons. The first-order chi connectivity index (χ1) is 13.6. The van der Waals surface area contributed by atoms with Crippen molar-refractivity contribution in [1.29, 1.82) is 0 Å². The van der Waals surface area contributed by atoms with E-state index in [4.69, 9.17) is 18.7 Å². The SMILES string of the molecule is CCOC(=O)c1cc(COC(=O)NC2CC3(C2)CN(C(=O)OC(C)(C)C)C3)on1. The highest BCUT2D eigenvalue weighted by atomic mass is 16.6. The van der Waals surface area contributed by atoms with Crippen molar-refractivity contribution in [3.8, 4) is 0 Å². The van der Waals surface area contributed by atoms with Gasteiger partial charge in [-0.3, -0.25) is 0 Å². The molecule has 160 valence electrons. The smallest absolute Gasteiger partial charge is 0.410 e. The fraction of sp³-hybridized carbons (Fsp3) is 0.684. The molecule has 2 fully saturated rings. The van der Waals surface area contributed by atoms with E-state index in [1.165, 1.54) is 6.07 Å². The minimum absolute atomic E-state index is 0.00751. The summed E-state index contributed by atoms with van der Waals surface area (Å²) in [7, 11) is 0. The molecule has 0 atom stereocenters. The monoisotopic (exact) mass is 409 g/mol. The number of amides is 2. The van der Waals surface area contributed by atoms with Crippen LogP contribution in [0.2, 0.25) is 0 Å². The number of nitrogens with one attached hydrogen (secondary N) is 1. The molecule has 10 heteroatoms. The molecule has 1 saturated heterocycles. The number of likely N-dealkylation sites (tertiary alicyclic amines) is 1. The Morgan fingerprint density at radius 1 is 1.28 bits per heavy atom. The van der Waals surface area contributed by atoms with Gasteiger partial charge < -0.3 is 29.0 Å². The van der Waals surface area contributed by atoms with Crippen molar-refractivity contribution in [2.75, 3.05) is 19.7 Å². The molecule has 0 aromatic carbocycles. The van der Waals surface area contributed by atoms with Crippen molar-refractivity contribution in [2.45, 2.75) is 58.8 Å². The van der Waals surface area contributed by atoms with Crippen LogP contribution < -0.4 is 5.32 Å². The van der Waals surface area contributed by atoms with Crippen molar-refractivity contribution < 1.29 is 33.1 Å². The Morgan fingerprint density at radius 2 is 1.97 bits per heavy atom. The summed E-state index contributed by atoms with van der Waals surface area (Å²) in [5.74, 6) is -0.340. The minimum Gasteiger partial charge on any atom is -0.461 e. The third-order valence-electron chi connectivity index (χ3n) is 4.77. The number of carbonyl (C=O) groups excluding carboxylic acids is 3. The number of alkyl carbamates (subject to hydrolysis) is 1. The predicted molar refractivity (Wildman–Crippen MR) is 99.0 cm³/mol. The summed E-state index contributed by atoms with van der Waals surface area (Å²) in [4.78, 5) is 37.1. The van der Waals surface area contributed by atoms with Gasteiger partial charge in [0.1, 0.15) is 5.60 Å². The average molecular weight is 409 g/mol. The van der Waals surface area contributed by atoms with Crippen LogP contribution in [0.4, 0.5) is 9.59 Å². The molecule has 3 rings (SSSR count). The zero-order valence-corrected chi connectivity index (χ0v) is 17.1. The molecular formula is C19H27N3O7. The molecule has 1 aliphatic carbocycles.